The van der Waals surface area contributed by atoms with Crippen LogP contribution in [-0.4, -0.2) is 38.0 Å². The van der Waals surface area contributed by atoms with Gasteiger partial charge in [0, 0.05) is 23.8 Å². The molecule has 0 bridgehead atoms. The number of rotatable bonds is 7. The van der Waals surface area contributed by atoms with E-state index in [4.69, 9.17) is 4.74 Å². The lowest BCUT2D eigenvalue weighted by molar-refractivity contribution is 0.102. The molecule has 0 unspecified atom stereocenters. The van der Waals surface area contributed by atoms with Crippen molar-refractivity contribution in [3.8, 4) is 11.4 Å². The molecular formula is C22H19FN6O2S. The molecule has 1 N–H and O–H groups in total. The molecule has 0 atom stereocenters. The standard InChI is InChI=1S/C22H19FN6O2S/c1-14-4-5-15(12-18(14)23)26-21(30)20-19(13-32-22-24-10-3-11-25-22)29(28-27-20)16-6-8-17(31-2)9-7-16/h3-12H,13H2,1-2H3,(H,26,30). The second kappa shape index (κ2) is 9.56. The number of nitrogens with zero attached hydrogens (tertiary/aromatic N) is 5. The molecule has 1 amide bonds. The Hall–Kier alpha value is -3.79. The van der Waals surface area contributed by atoms with Gasteiger partial charge in [0.1, 0.15) is 11.6 Å². The molecular weight excluding hydrogens is 431 g/mol. The second-order valence-electron chi connectivity index (χ2n) is 6.73. The molecule has 0 aliphatic heterocycles. The quantitative estimate of drug-likeness (QED) is 0.335. The van der Waals surface area contributed by atoms with Crippen LogP contribution in [0.1, 0.15) is 21.7 Å². The predicted octanol–water partition coefficient (Wildman–Crippen LogP) is 4.06. The minimum atomic E-state index is -0.488. The average molecular weight is 450 g/mol. The van der Waals surface area contributed by atoms with Crippen LogP contribution in [0.15, 0.2) is 66.1 Å². The van der Waals surface area contributed by atoms with Crippen LogP contribution >= 0.6 is 11.8 Å². The summed E-state index contributed by atoms with van der Waals surface area (Å²) in [6.45, 7) is 1.66. The first kappa shape index (κ1) is 21.4. The number of aromatic nitrogens is 5. The average Bonchev–Trinajstić information content (AvgIpc) is 3.25. The Labute approximate surface area is 187 Å². The number of carbonyl (C=O) groups excluding carboxylic acids is 1. The Morgan fingerprint density at radius 3 is 2.59 bits per heavy atom. The minimum absolute atomic E-state index is 0.130. The zero-order valence-electron chi connectivity index (χ0n) is 17.3. The molecule has 162 valence electrons. The summed E-state index contributed by atoms with van der Waals surface area (Å²) in [6.07, 6.45) is 3.29. The lowest BCUT2D eigenvalue weighted by atomic mass is 10.2. The van der Waals surface area contributed by atoms with Gasteiger partial charge >= 0.3 is 0 Å². The van der Waals surface area contributed by atoms with Gasteiger partial charge in [-0.3, -0.25) is 4.79 Å². The predicted molar refractivity (Wildman–Crippen MR) is 119 cm³/mol. The molecule has 2 heterocycles. The minimum Gasteiger partial charge on any atom is -0.497 e. The van der Waals surface area contributed by atoms with Gasteiger partial charge in [0.15, 0.2) is 10.9 Å². The van der Waals surface area contributed by atoms with Crippen molar-refractivity contribution in [3.05, 3.63) is 83.7 Å². The molecule has 32 heavy (non-hydrogen) atoms. The highest BCUT2D eigenvalue weighted by Crippen LogP contribution is 2.24. The number of ether oxygens (including phenoxy) is 1. The van der Waals surface area contributed by atoms with Gasteiger partial charge in [0.05, 0.1) is 18.5 Å². The highest BCUT2D eigenvalue weighted by atomic mass is 32.2. The highest BCUT2D eigenvalue weighted by molar-refractivity contribution is 7.98. The van der Waals surface area contributed by atoms with Gasteiger partial charge in [-0.25, -0.2) is 19.0 Å². The van der Waals surface area contributed by atoms with Crippen molar-refractivity contribution in [1.82, 2.24) is 25.0 Å². The number of amides is 1. The number of hydrogen-bond donors (Lipinski definition) is 1. The molecule has 2 aromatic carbocycles. The molecule has 0 aliphatic rings. The number of hydrogen-bond acceptors (Lipinski definition) is 7. The summed E-state index contributed by atoms with van der Waals surface area (Å²) in [6, 6.07) is 13.5. The SMILES string of the molecule is COc1ccc(-n2nnc(C(=O)Nc3ccc(C)c(F)c3)c2CSc2ncccn2)cc1. The van der Waals surface area contributed by atoms with Gasteiger partial charge in [0.2, 0.25) is 0 Å². The van der Waals surface area contributed by atoms with Gasteiger partial charge in [0.25, 0.3) is 5.91 Å². The molecule has 2 aromatic heterocycles. The van der Waals surface area contributed by atoms with Crippen molar-refractivity contribution < 1.29 is 13.9 Å². The van der Waals surface area contributed by atoms with Crippen LogP contribution < -0.4 is 10.1 Å². The van der Waals surface area contributed by atoms with E-state index in [1.807, 2.05) is 12.1 Å². The molecule has 0 fully saturated rings. The Kier molecular flexibility index (Phi) is 6.41. The number of benzene rings is 2. The zero-order chi connectivity index (χ0) is 22.5. The van der Waals surface area contributed by atoms with Crippen LogP contribution in [0.25, 0.3) is 5.69 Å². The smallest absolute Gasteiger partial charge is 0.278 e. The molecule has 8 nitrogen and oxygen atoms in total. The van der Waals surface area contributed by atoms with E-state index in [-0.39, 0.29) is 5.69 Å². The third-order valence-electron chi connectivity index (χ3n) is 4.61. The summed E-state index contributed by atoms with van der Waals surface area (Å²) in [5, 5.41) is 11.5. The molecule has 10 heteroatoms. The summed E-state index contributed by atoms with van der Waals surface area (Å²) in [5.41, 5.74) is 2.22. The maximum absolute atomic E-state index is 13.9. The highest BCUT2D eigenvalue weighted by Gasteiger charge is 2.22. The first-order chi connectivity index (χ1) is 15.5. The van der Waals surface area contributed by atoms with Crippen LogP contribution in [0.3, 0.4) is 0 Å². The van der Waals surface area contributed by atoms with E-state index in [0.717, 1.165) is 0 Å². The van der Waals surface area contributed by atoms with Crippen LogP contribution in [0.4, 0.5) is 10.1 Å². The van der Waals surface area contributed by atoms with Crippen molar-refractivity contribution in [1.29, 1.82) is 0 Å². The van der Waals surface area contributed by atoms with E-state index in [0.29, 0.717) is 39.3 Å². The van der Waals surface area contributed by atoms with E-state index in [1.165, 1.54) is 17.8 Å². The summed E-state index contributed by atoms with van der Waals surface area (Å²) in [4.78, 5) is 21.4. The van der Waals surface area contributed by atoms with E-state index in [1.54, 1.807) is 61.4 Å². The number of halogens is 1. The summed E-state index contributed by atoms with van der Waals surface area (Å²) in [5.74, 6) is 0.148. The van der Waals surface area contributed by atoms with Crippen molar-refractivity contribution in [2.45, 2.75) is 17.8 Å². The second-order valence-corrected chi connectivity index (χ2v) is 7.68. The van der Waals surface area contributed by atoms with E-state index in [9.17, 15) is 9.18 Å². The van der Waals surface area contributed by atoms with Gasteiger partial charge in [-0.15, -0.1) is 5.10 Å². The van der Waals surface area contributed by atoms with Crippen LogP contribution in [0.2, 0.25) is 0 Å². The van der Waals surface area contributed by atoms with Gasteiger partial charge in [-0.05, 0) is 55.0 Å². The fraction of sp³-hybridized carbons (Fsp3) is 0.136. The Balaban J connectivity index is 1.66. The van der Waals surface area contributed by atoms with Crippen molar-refractivity contribution in [2.24, 2.45) is 0 Å². The molecule has 0 spiro atoms. The number of methoxy groups -OCH3 is 1. The summed E-state index contributed by atoms with van der Waals surface area (Å²) < 4.78 is 20.7. The number of aryl methyl sites for hydroxylation is 1. The summed E-state index contributed by atoms with van der Waals surface area (Å²) in [7, 11) is 1.59. The lowest BCUT2D eigenvalue weighted by Crippen LogP contribution is -2.15. The van der Waals surface area contributed by atoms with Crippen LogP contribution in [-0.2, 0) is 5.75 Å². The van der Waals surface area contributed by atoms with Crippen LogP contribution in [0.5, 0.6) is 5.75 Å². The molecule has 4 rings (SSSR count). The van der Waals surface area contributed by atoms with Gasteiger partial charge < -0.3 is 10.1 Å². The first-order valence-electron chi connectivity index (χ1n) is 9.61. The number of thioether (sulfide) groups is 1. The molecule has 4 aromatic rings. The molecule has 0 saturated heterocycles. The monoisotopic (exact) mass is 450 g/mol. The number of anilines is 1. The molecule has 0 saturated carbocycles. The Morgan fingerprint density at radius 2 is 1.91 bits per heavy atom. The Bertz CT molecular complexity index is 1230. The number of carbonyl (C=O) groups is 1. The van der Waals surface area contributed by atoms with Gasteiger partial charge in [-0.2, -0.15) is 0 Å². The first-order valence-corrected chi connectivity index (χ1v) is 10.6. The topological polar surface area (TPSA) is 94.8 Å². The number of nitrogens with one attached hydrogen (secondary N) is 1. The fourth-order valence-electron chi connectivity index (χ4n) is 2.89. The van der Waals surface area contributed by atoms with Crippen molar-refractivity contribution in [3.63, 3.8) is 0 Å². The third-order valence-corrected chi connectivity index (χ3v) is 5.49. The van der Waals surface area contributed by atoms with Crippen molar-refractivity contribution in [2.75, 3.05) is 12.4 Å². The maximum Gasteiger partial charge on any atom is 0.278 e. The Morgan fingerprint density at radius 1 is 1.16 bits per heavy atom. The maximum atomic E-state index is 13.9. The van der Waals surface area contributed by atoms with Gasteiger partial charge in [-0.1, -0.05) is 23.0 Å². The normalized spacial score (nSPS) is 10.7. The van der Waals surface area contributed by atoms with E-state index in [2.05, 4.69) is 25.6 Å². The molecule has 0 aliphatic carbocycles. The zero-order valence-corrected chi connectivity index (χ0v) is 18.1. The fourth-order valence-corrected chi connectivity index (χ4v) is 3.69. The van der Waals surface area contributed by atoms with E-state index >= 15 is 0 Å². The molecule has 0 radical (unpaired) electrons. The third kappa shape index (κ3) is 4.75. The van der Waals surface area contributed by atoms with Crippen LogP contribution in [0, 0.1) is 12.7 Å². The van der Waals surface area contributed by atoms with E-state index < -0.39 is 11.7 Å². The summed E-state index contributed by atoms with van der Waals surface area (Å²) >= 11 is 1.35. The largest absolute Gasteiger partial charge is 0.497 e. The lowest BCUT2D eigenvalue weighted by Gasteiger charge is -2.09. The van der Waals surface area contributed by atoms with Crippen molar-refractivity contribution >= 4 is 23.4 Å².